The highest BCUT2D eigenvalue weighted by atomic mass is 16.5. The van der Waals surface area contributed by atoms with Crippen LogP contribution in [0.25, 0.3) is 0 Å². The van der Waals surface area contributed by atoms with Crippen molar-refractivity contribution < 1.29 is 9.53 Å². The normalized spacial score (nSPS) is 29.8. The maximum atomic E-state index is 13.0. The molecule has 1 heterocycles. The van der Waals surface area contributed by atoms with Crippen LogP contribution >= 0.6 is 0 Å². The maximum absolute atomic E-state index is 13.0. The molecule has 0 spiro atoms. The van der Waals surface area contributed by atoms with Crippen molar-refractivity contribution in [3.8, 4) is 5.75 Å². The van der Waals surface area contributed by atoms with E-state index in [1.54, 1.807) is 0 Å². The van der Waals surface area contributed by atoms with E-state index in [1.165, 1.54) is 25.7 Å². The highest BCUT2D eigenvalue weighted by molar-refractivity contribution is 5.98. The molecule has 2 unspecified atom stereocenters. The molecule has 0 radical (unpaired) electrons. The van der Waals surface area contributed by atoms with Crippen molar-refractivity contribution in [1.29, 1.82) is 0 Å². The first kappa shape index (κ1) is 14.1. The van der Waals surface area contributed by atoms with Crippen molar-refractivity contribution in [3.63, 3.8) is 0 Å². The Hall–Kier alpha value is -1.51. The predicted octanol–water partition coefficient (Wildman–Crippen LogP) is 4.02. The number of fused-ring (bicyclic) bond motifs is 1. The summed E-state index contributed by atoms with van der Waals surface area (Å²) in [4.78, 5) is 15.0. The van der Waals surface area contributed by atoms with Gasteiger partial charge in [0, 0.05) is 5.92 Å². The predicted molar refractivity (Wildman–Crippen MR) is 87.1 cm³/mol. The van der Waals surface area contributed by atoms with Crippen molar-refractivity contribution in [2.24, 2.45) is 17.8 Å². The molecular weight excluding hydrogens is 274 g/mol. The summed E-state index contributed by atoms with van der Waals surface area (Å²) in [5, 5.41) is 0. The molecule has 118 valence electrons. The lowest BCUT2D eigenvalue weighted by Crippen LogP contribution is -2.50. The lowest BCUT2D eigenvalue weighted by Gasteiger charge is -2.40. The highest BCUT2D eigenvalue weighted by Crippen LogP contribution is 2.52. The van der Waals surface area contributed by atoms with Gasteiger partial charge >= 0.3 is 0 Å². The van der Waals surface area contributed by atoms with Gasteiger partial charge in [-0.3, -0.25) is 4.79 Å². The van der Waals surface area contributed by atoms with Gasteiger partial charge in [0.1, 0.15) is 11.4 Å². The van der Waals surface area contributed by atoms with Gasteiger partial charge < -0.3 is 9.64 Å². The van der Waals surface area contributed by atoms with Crippen LogP contribution in [0.4, 0.5) is 5.69 Å². The minimum absolute atomic E-state index is 0.255. The van der Waals surface area contributed by atoms with Gasteiger partial charge in [0.05, 0.1) is 12.2 Å². The van der Waals surface area contributed by atoms with Crippen LogP contribution < -0.4 is 9.64 Å². The molecule has 3 heteroatoms. The van der Waals surface area contributed by atoms with Gasteiger partial charge in [-0.05, 0) is 44.2 Å². The zero-order chi connectivity index (χ0) is 15.3. The Balaban J connectivity index is 1.56. The van der Waals surface area contributed by atoms with Gasteiger partial charge in [-0.2, -0.15) is 0 Å². The molecule has 0 saturated heterocycles. The molecule has 0 N–H and O–H groups in total. The molecular formula is C19H25NO2. The van der Waals surface area contributed by atoms with E-state index in [2.05, 4.69) is 13.8 Å². The van der Waals surface area contributed by atoms with Crippen LogP contribution in [0.15, 0.2) is 24.3 Å². The average Bonchev–Trinajstić information content (AvgIpc) is 3.10. The number of anilines is 1. The summed E-state index contributed by atoms with van der Waals surface area (Å²) in [5.41, 5.74) is 0.630. The molecule has 2 aliphatic carbocycles. The molecule has 1 aromatic carbocycles. The number of amides is 1. The number of carbonyl (C=O) groups excluding carboxylic acids is 1. The molecule has 0 bridgehead atoms. The third-order valence-corrected chi connectivity index (χ3v) is 5.51. The molecule has 2 saturated carbocycles. The highest BCUT2D eigenvalue weighted by Gasteiger charge is 2.50. The first-order valence-corrected chi connectivity index (χ1v) is 8.65. The van der Waals surface area contributed by atoms with Crippen LogP contribution in [-0.4, -0.2) is 18.1 Å². The molecule has 3 nitrogen and oxygen atoms in total. The maximum Gasteiger partial charge on any atom is 0.230 e. The van der Waals surface area contributed by atoms with Gasteiger partial charge in [-0.15, -0.1) is 0 Å². The number of ether oxygens (including phenoxy) is 1. The molecule has 2 fully saturated rings. The third kappa shape index (κ3) is 2.41. The fraction of sp³-hybridized carbons (Fsp3) is 0.632. The summed E-state index contributed by atoms with van der Waals surface area (Å²) in [6, 6.07) is 7.94. The Bertz CT molecular complexity index is 589. The molecule has 1 aromatic rings. The van der Waals surface area contributed by atoms with Gasteiger partial charge in [0.25, 0.3) is 0 Å². The topological polar surface area (TPSA) is 29.5 Å². The SMILES string of the molecule is CC1(C)CN(C(=O)C2CC2C2CCCC2)c2ccccc2O1. The lowest BCUT2D eigenvalue weighted by atomic mass is 9.99. The van der Waals surface area contributed by atoms with Gasteiger partial charge in [-0.1, -0.05) is 37.8 Å². The average molecular weight is 299 g/mol. The second-order valence-corrected chi connectivity index (χ2v) is 7.80. The summed E-state index contributed by atoms with van der Waals surface area (Å²) >= 11 is 0. The number of nitrogens with zero attached hydrogens (tertiary/aromatic N) is 1. The fourth-order valence-electron chi connectivity index (χ4n) is 4.36. The minimum Gasteiger partial charge on any atom is -0.484 e. The van der Waals surface area contributed by atoms with Crippen molar-refractivity contribution in [2.75, 3.05) is 11.4 Å². The van der Waals surface area contributed by atoms with Crippen LogP contribution in [-0.2, 0) is 4.79 Å². The van der Waals surface area contributed by atoms with Crippen LogP contribution in [0.3, 0.4) is 0 Å². The molecule has 0 aromatic heterocycles. The van der Waals surface area contributed by atoms with Crippen LogP contribution in [0, 0.1) is 17.8 Å². The van der Waals surface area contributed by atoms with Gasteiger partial charge in [0.15, 0.2) is 0 Å². The Morgan fingerprint density at radius 3 is 2.73 bits per heavy atom. The number of rotatable bonds is 2. The summed E-state index contributed by atoms with van der Waals surface area (Å²) in [6.45, 7) is 4.77. The van der Waals surface area contributed by atoms with Crippen molar-refractivity contribution in [1.82, 2.24) is 0 Å². The van der Waals surface area contributed by atoms with Crippen LogP contribution in [0.1, 0.15) is 46.0 Å². The zero-order valence-corrected chi connectivity index (χ0v) is 13.5. The van der Waals surface area contributed by atoms with E-state index < -0.39 is 0 Å². The van der Waals surface area contributed by atoms with Crippen molar-refractivity contribution in [2.45, 2.75) is 51.6 Å². The van der Waals surface area contributed by atoms with E-state index in [1.807, 2.05) is 29.2 Å². The first-order chi connectivity index (χ1) is 10.6. The van der Waals surface area contributed by atoms with Crippen LogP contribution in [0.2, 0.25) is 0 Å². The molecule has 1 amide bonds. The summed E-state index contributed by atoms with van der Waals surface area (Å²) in [5.74, 6) is 2.86. The van der Waals surface area contributed by atoms with E-state index >= 15 is 0 Å². The van der Waals surface area contributed by atoms with E-state index in [0.717, 1.165) is 23.8 Å². The second-order valence-electron chi connectivity index (χ2n) is 7.80. The standard InChI is InChI=1S/C19H25NO2/c1-19(2)12-20(16-9-5-6-10-17(16)22-19)18(21)15-11-14(15)13-7-3-4-8-13/h5-6,9-10,13-15H,3-4,7-8,11-12H2,1-2H3. The second kappa shape index (κ2) is 5.00. The zero-order valence-electron chi connectivity index (χ0n) is 13.5. The largest absolute Gasteiger partial charge is 0.484 e. The molecule has 1 aliphatic heterocycles. The summed E-state index contributed by atoms with van der Waals surface area (Å²) < 4.78 is 6.03. The summed E-state index contributed by atoms with van der Waals surface area (Å²) in [7, 11) is 0. The Labute approximate surface area is 132 Å². The number of benzene rings is 1. The number of para-hydroxylation sites is 2. The lowest BCUT2D eigenvalue weighted by molar-refractivity contribution is -0.121. The number of hydrogen-bond donors (Lipinski definition) is 0. The molecule has 3 aliphatic rings. The monoisotopic (exact) mass is 299 g/mol. The Kier molecular flexibility index (Phi) is 3.21. The molecule has 22 heavy (non-hydrogen) atoms. The van der Waals surface area contributed by atoms with Crippen molar-refractivity contribution >= 4 is 11.6 Å². The summed E-state index contributed by atoms with van der Waals surface area (Å²) in [6.07, 6.45) is 6.48. The van der Waals surface area contributed by atoms with Crippen molar-refractivity contribution in [3.05, 3.63) is 24.3 Å². The van der Waals surface area contributed by atoms with E-state index in [9.17, 15) is 4.79 Å². The minimum atomic E-state index is -0.318. The first-order valence-electron chi connectivity index (χ1n) is 8.65. The molecule has 4 rings (SSSR count). The van der Waals surface area contributed by atoms with Gasteiger partial charge in [0.2, 0.25) is 5.91 Å². The Morgan fingerprint density at radius 1 is 1.23 bits per heavy atom. The van der Waals surface area contributed by atoms with Crippen LogP contribution in [0.5, 0.6) is 5.75 Å². The number of hydrogen-bond acceptors (Lipinski definition) is 2. The van der Waals surface area contributed by atoms with Gasteiger partial charge in [-0.25, -0.2) is 0 Å². The van der Waals surface area contributed by atoms with E-state index in [-0.39, 0.29) is 11.5 Å². The fourth-order valence-corrected chi connectivity index (χ4v) is 4.36. The van der Waals surface area contributed by atoms with E-state index in [4.69, 9.17) is 4.74 Å². The third-order valence-electron chi connectivity index (χ3n) is 5.51. The Morgan fingerprint density at radius 2 is 1.95 bits per heavy atom. The molecule has 2 atom stereocenters. The number of carbonyl (C=O) groups is 1. The smallest absolute Gasteiger partial charge is 0.230 e. The van der Waals surface area contributed by atoms with E-state index in [0.29, 0.717) is 18.4 Å². The quantitative estimate of drug-likeness (QED) is 0.825.